The topological polar surface area (TPSA) is 168 Å². The Morgan fingerprint density at radius 1 is 0.746 bits per heavy atom. The number of rotatable bonds is 20. The Bertz CT molecular complexity index is 2340. The highest BCUT2D eigenvalue weighted by atomic mass is 35.5. The normalized spacial score (nSPS) is 15.6. The monoisotopic (exact) mass is 910 g/mol. The average molecular weight is 911 g/mol. The number of nitrogens with zero attached hydrogens (tertiary/aromatic N) is 3. The van der Waals surface area contributed by atoms with Crippen LogP contribution < -0.4 is 14.8 Å². The number of hydrogen-bond donors (Lipinski definition) is 2. The number of phenolic OH excluding ortho intramolecular Hbond substituents is 1. The molecule has 4 amide bonds. The maximum Gasteiger partial charge on any atom is 0.435 e. The molecule has 0 radical (unpaired) electrons. The molecule has 2 aliphatic rings. The first-order valence-corrected chi connectivity index (χ1v) is 20.0. The summed E-state index contributed by atoms with van der Waals surface area (Å²) in [4.78, 5) is 50.9. The highest BCUT2D eigenvalue weighted by molar-refractivity contribution is 6.31. The van der Waals surface area contributed by atoms with Crippen molar-refractivity contribution in [1.29, 1.82) is 0 Å². The van der Waals surface area contributed by atoms with Crippen molar-refractivity contribution in [2.75, 3.05) is 52.9 Å². The van der Waals surface area contributed by atoms with E-state index in [9.17, 15) is 50.6 Å². The van der Waals surface area contributed by atoms with E-state index in [1.165, 1.54) is 37.4 Å². The maximum atomic E-state index is 13.8. The predicted octanol–water partition coefficient (Wildman–Crippen LogP) is 7.23. The van der Waals surface area contributed by atoms with Crippen LogP contribution >= 0.6 is 11.6 Å². The Labute approximate surface area is 360 Å². The average Bonchev–Trinajstić information content (AvgIpc) is 3.74. The van der Waals surface area contributed by atoms with Gasteiger partial charge in [0, 0.05) is 25.6 Å². The number of aromatic hydroxyl groups is 1. The molecule has 2 N–H and O–H groups in total. The number of ether oxygens (including phenoxy) is 5. The van der Waals surface area contributed by atoms with E-state index in [1.807, 2.05) is 0 Å². The third kappa shape index (κ3) is 11.1. The lowest BCUT2D eigenvalue weighted by atomic mass is 9.97. The number of carbonyl (C=O) groups is 4. The molecule has 1 fully saturated rings. The zero-order chi connectivity index (χ0) is 45.5. The van der Waals surface area contributed by atoms with Gasteiger partial charge in [-0.15, -0.1) is 0 Å². The standard InChI is InChI=1S/C42H41ClF6N4O10/c1-52-30(23-33(51-52)42(47,48)49)25-9-12-32(35(37(25)55)24-8-10-28(43)27(22-24)41(44,45)46)62-15-4-2-3-14-59-16-17-60-18-19-61-20-21-63-31-7-5-6-26-36(31)40(58)53(39(26)57)29-11-13-34(54)50-38(29)56/h5-10,12,22-23,29,55H,2-4,11,13-21H2,1H3,(H,50,54,56). The van der Waals surface area contributed by atoms with E-state index < -0.39 is 64.1 Å². The van der Waals surface area contributed by atoms with E-state index in [-0.39, 0.29) is 97.5 Å². The van der Waals surface area contributed by atoms with Gasteiger partial charge >= 0.3 is 12.4 Å². The number of fused-ring (bicyclic) bond motifs is 1. The molecule has 6 rings (SSSR count). The molecule has 338 valence electrons. The third-order valence-corrected chi connectivity index (χ3v) is 10.3. The molecule has 0 aliphatic carbocycles. The molecule has 2 aliphatic heterocycles. The van der Waals surface area contributed by atoms with Gasteiger partial charge in [0.05, 0.1) is 72.6 Å². The molecule has 1 unspecified atom stereocenters. The smallest absolute Gasteiger partial charge is 0.435 e. The van der Waals surface area contributed by atoms with Crippen molar-refractivity contribution in [3.8, 4) is 39.6 Å². The number of piperidine rings is 1. The van der Waals surface area contributed by atoms with Crippen molar-refractivity contribution < 1.29 is 74.3 Å². The number of alkyl halides is 6. The summed E-state index contributed by atoms with van der Waals surface area (Å²) in [6.45, 7) is 1.80. The lowest BCUT2D eigenvalue weighted by molar-refractivity contribution is -0.141. The van der Waals surface area contributed by atoms with E-state index in [1.54, 1.807) is 6.07 Å². The van der Waals surface area contributed by atoms with Crippen molar-refractivity contribution in [2.45, 2.75) is 50.5 Å². The molecule has 1 aromatic heterocycles. The van der Waals surface area contributed by atoms with Gasteiger partial charge in [0.2, 0.25) is 11.8 Å². The first-order chi connectivity index (χ1) is 30.0. The fraction of sp³-hybridized carbons (Fsp3) is 0.405. The molecule has 1 atom stereocenters. The Morgan fingerprint density at radius 3 is 2.06 bits per heavy atom. The fourth-order valence-corrected chi connectivity index (χ4v) is 7.18. The number of unbranched alkanes of at least 4 members (excludes halogenated alkanes) is 2. The van der Waals surface area contributed by atoms with Crippen LogP contribution in [0.4, 0.5) is 26.3 Å². The van der Waals surface area contributed by atoms with Gasteiger partial charge in [-0.05, 0) is 73.7 Å². The van der Waals surface area contributed by atoms with Crippen LogP contribution in [0.3, 0.4) is 0 Å². The summed E-state index contributed by atoms with van der Waals surface area (Å²) >= 11 is 5.82. The summed E-state index contributed by atoms with van der Waals surface area (Å²) in [5, 5.41) is 16.4. The number of aromatic nitrogens is 2. The fourth-order valence-electron chi connectivity index (χ4n) is 6.96. The summed E-state index contributed by atoms with van der Waals surface area (Å²) in [6.07, 6.45) is -7.79. The molecule has 63 heavy (non-hydrogen) atoms. The van der Waals surface area contributed by atoms with Crippen LogP contribution in [0.2, 0.25) is 5.02 Å². The van der Waals surface area contributed by atoms with Crippen LogP contribution in [0.25, 0.3) is 22.4 Å². The minimum absolute atomic E-state index is 0.00319. The molecule has 3 heterocycles. The predicted molar refractivity (Wildman–Crippen MR) is 211 cm³/mol. The zero-order valence-corrected chi connectivity index (χ0v) is 34.3. The number of halogens is 7. The van der Waals surface area contributed by atoms with Crippen molar-refractivity contribution in [3.05, 3.63) is 82.0 Å². The van der Waals surface area contributed by atoms with Gasteiger partial charge in [0.25, 0.3) is 11.8 Å². The lowest BCUT2D eigenvalue weighted by Gasteiger charge is -2.27. The van der Waals surface area contributed by atoms with Gasteiger partial charge in [0.1, 0.15) is 29.9 Å². The molecule has 0 spiro atoms. The first-order valence-electron chi connectivity index (χ1n) is 19.7. The number of aryl methyl sites for hydroxylation is 1. The maximum absolute atomic E-state index is 13.8. The number of hydrogen-bond acceptors (Lipinski definition) is 11. The van der Waals surface area contributed by atoms with Gasteiger partial charge < -0.3 is 28.8 Å². The molecule has 0 saturated carbocycles. The number of amides is 4. The summed E-state index contributed by atoms with van der Waals surface area (Å²) in [6, 6.07) is 9.86. The molecular weight excluding hydrogens is 870 g/mol. The van der Waals surface area contributed by atoms with Crippen LogP contribution in [0.15, 0.2) is 54.6 Å². The van der Waals surface area contributed by atoms with Gasteiger partial charge in [-0.3, -0.25) is 34.1 Å². The highest BCUT2D eigenvalue weighted by Gasteiger charge is 2.46. The largest absolute Gasteiger partial charge is 0.506 e. The minimum Gasteiger partial charge on any atom is -0.506 e. The van der Waals surface area contributed by atoms with Crippen LogP contribution in [-0.4, -0.2) is 102 Å². The lowest BCUT2D eigenvalue weighted by Crippen LogP contribution is -2.54. The summed E-state index contributed by atoms with van der Waals surface area (Å²) < 4.78 is 111. The second kappa shape index (κ2) is 20.2. The van der Waals surface area contributed by atoms with Crippen molar-refractivity contribution >= 4 is 35.2 Å². The Kier molecular flexibility index (Phi) is 15.0. The van der Waals surface area contributed by atoms with E-state index >= 15 is 0 Å². The van der Waals surface area contributed by atoms with E-state index in [0.717, 1.165) is 27.8 Å². The Balaban J connectivity index is 0.885. The minimum atomic E-state index is -4.83. The van der Waals surface area contributed by atoms with E-state index in [0.29, 0.717) is 32.5 Å². The molecule has 21 heteroatoms. The van der Waals surface area contributed by atoms with Gasteiger partial charge in [-0.2, -0.15) is 31.4 Å². The van der Waals surface area contributed by atoms with Crippen LogP contribution in [-0.2, 0) is 43.2 Å². The number of benzene rings is 3. The molecule has 3 aromatic carbocycles. The van der Waals surface area contributed by atoms with Crippen molar-refractivity contribution in [1.82, 2.24) is 20.0 Å². The summed E-state index contributed by atoms with van der Waals surface area (Å²) in [7, 11) is 1.24. The zero-order valence-electron chi connectivity index (χ0n) is 33.6. The van der Waals surface area contributed by atoms with Crippen molar-refractivity contribution in [2.24, 2.45) is 7.05 Å². The Morgan fingerprint density at radius 2 is 1.40 bits per heavy atom. The van der Waals surface area contributed by atoms with Crippen LogP contribution in [0.1, 0.15) is 64.1 Å². The number of imide groups is 2. The second-order valence-electron chi connectivity index (χ2n) is 14.3. The summed E-state index contributed by atoms with van der Waals surface area (Å²) in [5.41, 5.74) is -2.77. The highest BCUT2D eigenvalue weighted by Crippen LogP contribution is 2.47. The Hall–Kier alpha value is -5.70. The van der Waals surface area contributed by atoms with E-state index in [4.69, 9.17) is 35.3 Å². The van der Waals surface area contributed by atoms with Crippen LogP contribution in [0.5, 0.6) is 17.2 Å². The van der Waals surface area contributed by atoms with Gasteiger partial charge in [-0.25, -0.2) is 0 Å². The second-order valence-corrected chi connectivity index (χ2v) is 14.7. The van der Waals surface area contributed by atoms with Gasteiger partial charge in [-0.1, -0.05) is 23.7 Å². The van der Waals surface area contributed by atoms with Gasteiger partial charge in [0.15, 0.2) is 5.69 Å². The van der Waals surface area contributed by atoms with E-state index in [2.05, 4.69) is 10.4 Å². The molecule has 1 saturated heterocycles. The third-order valence-electron chi connectivity index (χ3n) is 10.00. The summed E-state index contributed by atoms with van der Waals surface area (Å²) in [5.74, 6) is -2.92. The molecule has 0 bridgehead atoms. The number of phenols is 1. The first kappa shape index (κ1) is 46.8. The number of nitrogens with one attached hydrogen (secondary N) is 1. The molecule has 4 aromatic rings. The SMILES string of the molecule is Cn1nc(C(F)(F)F)cc1-c1ccc(OCCCCCOCCOCCOCCOc2cccc3c2C(=O)N(C2CCC(=O)NC2=O)C3=O)c(-c2ccc(Cl)c(C(F)(F)F)c2)c1O. The van der Waals surface area contributed by atoms with Crippen molar-refractivity contribution in [3.63, 3.8) is 0 Å². The molecule has 14 nitrogen and oxygen atoms in total. The van der Waals surface area contributed by atoms with Crippen LogP contribution in [0, 0.1) is 0 Å². The molecular formula is C42H41ClF6N4O10. The number of carbonyl (C=O) groups excluding carboxylic acids is 4. The quantitative estimate of drug-likeness (QED) is 0.0522.